The van der Waals surface area contributed by atoms with Crippen LogP contribution in [-0.4, -0.2) is 47.9 Å². The summed E-state index contributed by atoms with van der Waals surface area (Å²) in [5, 5.41) is 0.854. The summed E-state index contributed by atoms with van der Waals surface area (Å²) in [5.74, 6) is 0.00922. The molecule has 0 bridgehead atoms. The number of carbonyl (C=O) groups excluding carboxylic acids is 1. The van der Waals surface area contributed by atoms with Crippen LogP contribution in [0.4, 0.5) is 0 Å². The van der Waals surface area contributed by atoms with Gasteiger partial charge in [0, 0.05) is 25.7 Å². The molecular formula is C21H23N3OS. The third kappa shape index (κ3) is 5.00. The normalized spacial score (nSPS) is 11.5. The van der Waals surface area contributed by atoms with E-state index in [0.29, 0.717) is 13.1 Å². The molecule has 3 aromatic rings. The van der Waals surface area contributed by atoms with Gasteiger partial charge in [-0.25, -0.2) is 4.98 Å². The van der Waals surface area contributed by atoms with Gasteiger partial charge in [0.15, 0.2) is 0 Å². The Hall–Kier alpha value is -2.50. The molecule has 0 spiro atoms. The molecule has 1 heterocycles. The van der Waals surface area contributed by atoms with Crippen molar-refractivity contribution in [2.75, 3.05) is 27.2 Å². The van der Waals surface area contributed by atoms with E-state index in [0.717, 1.165) is 27.3 Å². The summed E-state index contributed by atoms with van der Waals surface area (Å²) in [7, 11) is 4.03. The lowest BCUT2D eigenvalue weighted by Crippen LogP contribution is -2.35. The van der Waals surface area contributed by atoms with Crippen molar-refractivity contribution in [2.24, 2.45) is 0 Å². The molecule has 4 nitrogen and oxygen atoms in total. The van der Waals surface area contributed by atoms with Crippen LogP contribution in [0.1, 0.15) is 10.6 Å². The monoisotopic (exact) mass is 365 g/mol. The quantitative estimate of drug-likeness (QED) is 0.596. The number of amides is 1. The van der Waals surface area contributed by atoms with Crippen molar-refractivity contribution in [3.8, 4) is 0 Å². The molecule has 0 N–H and O–H groups in total. The first-order valence-corrected chi connectivity index (χ1v) is 9.45. The van der Waals surface area contributed by atoms with Crippen molar-refractivity contribution in [1.82, 2.24) is 14.8 Å². The molecule has 1 aromatic heterocycles. The number of benzene rings is 2. The zero-order valence-corrected chi connectivity index (χ0v) is 15.9. The highest BCUT2D eigenvalue weighted by Crippen LogP contribution is 2.22. The highest BCUT2D eigenvalue weighted by Gasteiger charge is 2.12. The van der Waals surface area contributed by atoms with Gasteiger partial charge in [-0.15, -0.1) is 11.3 Å². The van der Waals surface area contributed by atoms with E-state index < -0.39 is 0 Å². The standard InChI is InChI=1S/C21H23N3OS/c1-23(2)14-15-24(16-17-8-4-3-5-9-17)21(25)13-12-20-22-18-10-6-7-11-19(18)26-20/h3-13H,14-16H2,1-2H3/b13-12+. The topological polar surface area (TPSA) is 36.4 Å². The van der Waals surface area contributed by atoms with Crippen molar-refractivity contribution < 1.29 is 4.79 Å². The Bertz CT molecular complexity index is 853. The predicted octanol–water partition coefficient (Wildman–Crippen LogP) is 3.90. The molecule has 0 atom stereocenters. The highest BCUT2D eigenvalue weighted by molar-refractivity contribution is 7.19. The van der Waals surface area contributed by atoms with E-state index in [1.165, 1.54) is 0 Å². The van der Waals surface area contributed by atoms with Crippen LogP contribution >= 0.6 is 11.3 Å². The Morgan fingerprint density at radius 2 is 1.77 bits per heavy atom. The summed E-state index contributed by atoms with van der Waals surface area (Å²) in [6, 6.07) is 18.1. The number of carbonyl (C=O) groups is 1. The summed E-state index contributed by atoms with van der Waals surface area (Å²) < 4.78 is 1.13. The molecule has 2 aromatic carbocycles. The molecule has 0 radical (unpaired) electrons. The molecule has 0 fully saturated rings. The number of rotatable bonds is 7. The Labute approximate surface area is 158 Å². The SMILES string of the molecule is CN(C)CCN(Cc1ccccc1)C(=O)/C=C/c1nc2ccccc2s1. The second kappa shape index (κ2) is 8.74. The van der Waals surface area contributed by atoms with Crippen molar-refractivity contribution >= 4 is 33.5 Å². The maximum atomic E-state index is 12.7. The van der Waals surface area contributed by atoms with E-state index in [2.05, 4.69) is 9.88 Å². The van der Waals surface area contributed by atoms with Gasteiger partial charge in [0.25, 0.3) is 0 Å². The molecule has 134 valence electrons. The summed E-state index contributed by atoms with van der Waals surface area (Å²) in [4.78, 5) is 21.3. The minimum absolute atomic E-state index is 0.00922. The summed E-state index contributed by atoms with van der Waals surface area (Å²) in [6.07, 6.45) is 3.46. The molecule has 0 unspecified atom stereocenters. The summed E-state index contributed by atoms with van der Waals surface area (Å²) in [6.45, 7) is 2.12. The number of hydrogen-bond acceptors (Lipinski definition) is 4. The number of aromatic nitrogens is 1. The van der Waals surface area contributed by atoms with Gasteiger partial charge in [0.05, 0.1) is 10.2 Å². The van der Waals surface area contributed by atoms with E-state index in [1.54, 1.807) is 17.4 Å². The summed E-state index contributed by atoms with van der Waals surface area (Å²) in [5.41, 5.74) is 2.10. The maximum Gasteiger partial charge on any atom is 0.247 e. The molecule has 26 heavy (non-hydrogen) atoms. The first kappa shape index (κ1) is 18.3. The molecule has 0 saturated carbocycles. The molecule has 0 aliphatic carbocycles. The molecule has 0 aliphatic heterocycles. The number of thiazole rings is 1. The Morgan fingerprint density at radius 3 is 2.50 bits per heavy atom. The third-order valence-electron chi connectivity index (χ3n) is 4.02. The van der Waals surface area contributed by atoms with E-state index >= 15 is 0 Å². The van der Waals surface area contributed by atoms with Crippen LogP contribution < -0.4 is 0 Å². The first-order chi connectivity index (χ1) is 12.6. The Kier molecular flexibility index (Phi) is 6.15. The van der Waals surface area contributed by atoms with Gasteiger partial charge in [-0.3, -0.25) is 4.79 Å². The lowest BCUT2D eigenvalue weighted by Gasteiger charge is -2.23. The smallest absolute Gasteiger partial charge is 0.247 e. The van der Waals surface area contributed by atoms with Gasteiger partial charge < -0.3 is 9.80 Å². The van der Waals surface area contributed by atoms with Gasteiger partial charge in [-0.2, -0.15) is 0 Å². The summed E-state index contributed by atoms with van der Waals surface area (Å²) >= 11 is 1.60. The lowest BCUT2D eigenvalue weighted by molar-refractivity contribution is -0.126. The number of nitrogens with zero attached hydrogens (tertiary/aromatic N) is 3. The number of likely N-dealkylation sites (N-methyl/N-ethyl adjacent to an activating group) is 1. The van der Waals surface area contributed by atoms with Gasteiger partial charge in [0.1, 0.15) is 5.01 Å². The van der Waals surface area contributed by atoms with Crippen LogP contribution in [0.2, 0.25) is 0 Å². The number of fused-ring (bicyclic) bond motifs is 1. The van der Waals surface area contributed by atoms with Crippen molar-refractivity contribution in [3.63, 3.8) is 0 Å². The third-order valence-corrected chi connectivity index (χ3v) is 5.03. The van der Waals surface area contributed by atoms with Gasteiger partial charge in [-0.1, -0.05) is 42.5 Å². The fourth-order valence-electron chi connectivity index (χ4n) is 2.60. The fourth-order valence-corrected chi connectivity index (χ4v) is 3.47. The first-order valence-electron chi connectivity index (χ1n) is 8.63. The highest BCUT2D eigenvalue weighted by atomic mass is 32.1. The largest absolute Gasteiger partial charge is 0.334 e. The Morgan fingerprint density at radius 1 is 1.04 bits per heavy atom. The average molecular weight is 366 g/mol. The van der Waals surface area contributed by atoms with Crippen LogP contribution in [0.3, 0.4) is 0 Å². The van der Waals surface area contributed by atoms with Gasteiger partial charge >= 0.3 is 0 Å². The number of hydrogen-bond donors (Lipinski definition) is 0. The van der Waals surface area contributed by atoms with Gasteiger partial charge in [0.2, 0.25) is 5.91 Å². The zero-order chi connectivity index (χ0) is 18.4. The minimum Gasteiger partial charge on any atom is -0.334 e. The molecule has 5 heteroatoms. The molecule has 3 rings (SSSR count). The Balaban J connectivity index is 1.72. The molecule has 1 amide bonds. The molecule has 0 saturated heterocycles. The van der Waals surface area contributed by atoms with E-state index in [9.17, 15) is 4.79 Å². The van der Waals surface area contributed by atoms with E-state index in [-0.39, 0.29) is 5.91 Å². The molecule has 0 aliphatic rings. The van der Waals surface area contributed by atoms with Crippen LogP contribution in [0, 0.1) is 0 Å². The fraction of sp³-hybridized carbons (Fsp3) is 0.238. The predicted molar refractivity (Wildman–Crippen MR) is 109 cm³/mol. The average Bonchev–Trinajstić information content (AvgIpc) is 3.07. The molecular weight excluding hydrogens is 342 g/mol. The number of para-hydroxylation sites is 1. The minimum atomic E-state index is 0.00922. The van der Waals surface area contributed by atoms with Crippen molar-refractivity contribution in [1.29, 1.82) is 0 Å². The maximum absolute atomic E-state index is 12.7. The second-order valence-electron chi connectivity index (χ2n) is 6.40. The van der Waals surface area contributed by atoms with Crippen LogP contribution in [0.5, 0.6) is 0 Å². The van der Waals surface area contributed by atoms with Gasteiger partial charge in [-0.05, 0) is 37.9 Å². The van der Waals surface area contributed by atoms with Crippen LogP contribution in [0.15, 0.2) is 60.7 Å². The second-order valence-corrected chi connectivity index (χ2v) is 7.46. The lowest BCUT2D eigenvalue weighted by atomic mass is 10.2. The van der Waals surface area contributed by atoms with E-state index in [1.807, 2.05) is 79.7 Å². The van der Waals surface area contributed by atoms with E-state index in [4.69, 9.17) is 0 Å². The van der Waals surface area contributed by atoms with Crippen LogP contribution in [-0.2, 0) is 11.3 Å². The van der Waals surface area contributed by atoms with Crippen molar-refractivity contribution in [2.45, 2.75) is 6.54 Å². The van der Waals surface area contributed by atoms with Crippen LogP contribution in [0.25, 0.3) is 16.3 Å². The van der Waals surface area contributed by atoms with Crippen molar-refractivity contribution in [3.05, 3.63) is 71.2 Å². The zero-order valence-electron chi connectivity index (χ0n) is 15.1.